The van der Waals surface area contributed by atoms with Crippen molar-refractivity contribution >= 4 is 21.4 Å². The van der Waals surface area contributed by atoms with Crippen LogP contribution in [0.4, 0.5) is 0 Å². The standard InChI is InChI=1S/C17H24N2O2S2/c1-5-14-7-9-15(10-8-14)16(19(3)4)12-18-23(20,21)17-11-6-13(2)22-17/h6-11,16,18H,5,12H2,1-4H3. The third-order valence-corrected chi connectivity index (χ3v) is 6.76. The van der Waals surface area contributed by atoms with Crippen LogP contribution in [0.3, 0.4) is 0 Å². The molecule has 1 unspecified atom stereocenters. The molecule has 1 aromatic carbocycles. The summed E-state index contributed by atoms with van der Waals surface area (Å²) in [7, 11) is 0.474. The van der Waals surface area contributed by atoms with Gasteiger partial charge in [-0.05, 0) is 50.7 Å². The van der Waals surface area contributed by atoms with E-state index in [1.54, 1.807) is 6.07 Å². The average Bonchev–Trinajstić information content (AvgIpc) is 2.95. The molecule has 0 bridgehead atoms. The minimum absolute atomic E-state index is 0.00302. The highest BCUT2D eigenvalue weighted by molar-refractivity contribution is 7.91. The molecule has 1 N–H and O–H groups in total. The van der Waals surface area contributed by atoms with Crippen LogP contribution in [0.5, 0.6) is 0 Å². The second-order valence-corrected chi connectivity index (χ2v) is 9.07. The van der Waals surface area contributed by atoms with Gasteiger partial charge in [0, 0.05) is 17.5 Å². The lowest BCUT2D eigenvalue weighted by Gasteiger charge is -2.25. The summed E-state index contributed by atoms with van der Waals surface area (Å²) in [5.41, 5.74) is 2.39. The van der Waals surface area contributed by atoms with Gasteiger partial charge in [-0.3, -0.25) is 0 Å². The van der Waals surface area contributed by atoms with Gasteiger partial charge in [-0.2, -0.15) is 0 Å². The van der Waals surface area contributed by atoms with Gasteiger partial charge < -0.3 is 4.90 Å². The van der Waals surface area contributed by atoms with Crippen LogP contribution in [0.1, 0.15) is 29.0 Å². The molecule has 0 aliphatic heterocycles. The van der Waals surface area contributed by atoms with Crippen LogP contribution < -0.4 is 4.72 Å². The average molecular weight is 353 g/mol. The Balaban J connectivity index is 2.13. The van der Waals surface area contributed by atoms with Gasteiger partial charge in [0.2, 0.25) is 10.0 Å². The molecule has 6 heteroatoms. The van der Waals surface area contributed by atoms with Crippen LogP contribution in [-0.2, 0) is 16.4 Å². The van der Waals surface area contributed by atoms with E-state index in [0.29, 0.717) is 10.8 Å². The molecule has 1 heterocycles. The van der Waals surface area contributed by atoms with Crippen LogP contribution in [0.2, 0.25) is 0 Å². The van der Waals surface area contributed by atoms with Crippen LogP contribution >= 0.6 is 11.3 Å². The second-order valence-electron chi connectivity index (χ2n) is 5.79. The maximum absolute atomic E-state index is 12.4. The number of nitrogens with zero attached hydrogens (tertiary/aromatic N) is 1. The van der Waals surface area contributed by atoms with Gasteiger partial charge in [-0.15, -0.1) is 11.3 Å². The Morgan fingerprint density at radius 2 is 1.78 bits per heavy atom. The Labute approximate surface area is 143 Å². The molecule has 0 radical (unpaired) electrons. The van der Waals surface area contributed by atoms with E-state index in [2.05, 4.69) is 35.9 Å². The van der Waals surface area contributed by atoms with Crippen molar-refractivity contribution in [1.29, 1.82) is 0 Å². The zero-order chi connectivity index (χ0) is 17.0. The van der Waals surface area contributed by atoms with E-state index in [1.807, 2.05) is 32.0 Å². The summed E-state index contributed by atoms with van der Waals surface area (Å²) in [4.78, 5) is 3.02. The van der Waals surface area contributed by atoms with Gasteiger partial charge in [0.25, 0.3) is 0 Å². The number of nitrogens with one attached hydrogen (secondary N) is 1. The Morgan fingerprint density at radius 3 is 2.26 bits per heavy atom. The van der Waals surface area contributed by atoms with E-state index >= 15 is 0 Å². The number of hydrogen-bond donors (Lipinski definition) is 1. The Morgan fingerprint density at radius 1 is 1.13 bits per heavy atom. The smallest absolute Gasteiger partial charge is 0.250 e. The van der Waals surface area contributed by atoms with Crippen LogP contribution in [0, 0.1) is 6.92 Å². The number of aryl methyl sites for hydroxylation is 2. The first-order valence-electron chi connectivity index (χ1n) is 7.65. The quantitative estimate of drug-likeness (QED) is 0.832. The lowest BCUT2D eigenvalue weighted by molar-refractivity contribution is 0.299. The summed E-state index contributed by atoms with van der Waals surface area (Å²) in [5, 5.41) is 0. The van der Waals surface area contributed by atoms with Crippen LogP contribution in [0.15, 0.2) is 40.6 Å². The largest absolute Gasteiger partial charge is 0.301 e. The highest BCUT2D eigenvalue weighted by Gasteiger charge is 2.20. The topological polar surface area (TPSA) is 49.4 Å². The number of thiophene rings is 1. The van der Waals surface area contributed by atoms with Crippen molar-refractivity contribution in [1.82, 2.24) is 9.62 Å². The third-order valence-electron chi connectivity index (χ3n) is 3.84. The molecule has 2 aromatic rings. The molecule has 0 fully saturated rings. The Bertz CT molecular complexity index is 734. The first-order chi connectivity index (χ1) is 10.8. The van der Waals surface area contributed by atoms with Gasteiger partial charge in [-0.25, -0.2) is 13.1 Å². The molecule has 0 aliphatic rings. The molecule has 0 spiro atoms. The monoisotopic (exact) mass is 352 g/mol. The van der Waals surface area contributed by atoms with Crippen molar-refractivity contribution in [2.75, 3.05) is 20.6 Å². The van der Waals surface area contributed by atoms with Crippen LogP contribution in [0.25, 0.3) is 0 Å². The van der Waals surface area contributed by atoms with Gasteiger partial charge in [0.1, 0.15) is 4.21 Å². The molecular weight excluding hydrogens is 328 g/mol. The summed E-state index contributed by atoms with van der Waals surface area (Å²) < 4.78 is 27.9. The molecule has 1 aromatic heterocycles. The molecule has 0 saturated carbocycles. The fraction of sp³-hybridized carbons (Fsp3) is 0.412. The van der Waals surface area contributed by atoms with Crippen molar-refractivity contribution in [2.24, 2.45) is 0 Å². The third kappa shape index (κ3) is 4.64. The van der Waals surface area contributed by atoms with Gasteiger partial charge in [0.05, 0.1) is 0 Å². The molecule has 23 heavy (non-hydrogen) atoms. The zero-order valence-electron chi connectivity index (χ0n) is 14.0. The van der Waals surface area contributed by atoms with Crippen LogP contribution in [-0.4, -0.2) is 34.0 Å². The molecule has 0 saturated heterocycles. The lowest BCUT2D eigenvalue weighted by atomic mass is 10.0. The predicted octanol–water partition coefficient (Wildman–Crippen LogP) is 3.20. The predicted molar refractivity (Wildman–Crippen MR) is 96.5 cm³/mol. The highest BCUT2D eigenvalue weighted by Crippen LogP contribution is 2.22. The first-order valence-corrected chi connectivity index (χ1v) is 9.95. The molecule has 126 valence electrons. The van der Waals surface area contributed by atoms with Crippen molar-refractivity contribution in [3.63, 3.8) is 0 Å². The molecule has 0 amide bonds. The molecule has 1 atom stereocenters. The number of benzene rings is 1. The maximum atomic E-state index is 12.4. The van der Waals surface area contributed by atoms with Crippen molar-refractivity contribution in [3.8, 4) is 0 Å². The molecule has 0 aliphatic carbocycles. The number of likely N-dealkylation sites (N-methyl/N-ethyl adjacent to an activating group) is 1. The number of rotatable bonds is 7. The first kappa shape index (κ1) is 18.1. The summed E-state index contributed by atoms with van der Waals surface area (Å²) >= 11 is 1.29. The van der Waals surface area contributed by atoms with Crippen molar-refractivity contribution in [2.45, 2.75) is 30.5 Å². The zero-order valence-corrected chi connectivity index (χ0v) is 15.7. The fourth-order valence-corrected chi connectivity index (χ4v) is 4.76. The SMILES string of the molecule is CCc1ccc(C(CNS(=O)(=O)c2ccc(C)s2)N(C)C)cc1. The van der Waals surface area contributed by atoms with E-state index in [-0.39, 0.29) is 6.04 Å². The van der Waals surface area contributed by atoms with E-state index in [0.717, 1.165) is 16.9 Å². The highest BCUT2D eigenvalue weighted by atomic mass is 32.2. The molecule has 2 rings (SSSR count). The maximum Gasteiger partial charge on any atom is 0.250 e. The number of hydrogen-bond acceptors (Lipinski definition) is 4. The second kappa shape index (κ2) is 7.57. The molecular formula is C17H24N2O2S2. The van der Waals surface area contributed by atoms with E-state index < -0.39 is 10.0 Å². The van der Waals surface area contributed by atoms with Gasteiger partial charge >= 0.3 is 0 Å². The fourth-order valence-electron chi connectivity index (χ4n) is 2.39. The summed E-state index contributed by atoms with van der Waals surface area (Å²) in [6.07, 6.45) is 0.997. The van der Waals surface area contributed by atoms with Crippen molar-refractivity contribution < 1.29 is 8.42 Å². The van der Waals surface area contributed by atoms with Crippen molar-refractivity contribution in [3.05, 3.63) is 52.4 Å². The van der Waals surface area contributed by atoms with Gasteiger partial charge in [-0.1, -0.05) is 31.2 Å². The Kier molecular flexibility index (Phi) is 5.97. The minimum Gasteiger partial charge on any atom is -0.301 e. The minimum atomic E-state index is -3.45. The summed E-state index contributed by atoms with van der Waals surface area (Å²) in [6.45, 7) is 4.37. The lowest BCUT2D eigenvalue weighted by Crippen LogP contribution is -2.34. The van der Waals surface area contributed by atoms with Gasteiger partial charge in [0.15, 0.2) is 0 Å². The molecule has 4 nitrogen and oxygen atoms in total. The Hall–Kier alpha value is -1.21. The van der Waals surface area contributed by atoms with E-state index in [9.17, 15) is 8.42 Å². The van der Waals surface area contributed by atoms with E-state index in [4.69, 9.17) is 0 Å². The normalized spacial score (nSPS) is 13.4. The summed E-state index contributed by atoms with van der Waals surface area (Å²) in [6, 6.07) is 11.8. The summed E-state index contributed by atoms with van der Waals surface area (Å²) in [5.74, 6) is 0. The number of sulfonamides is 1. The van der Waals surface area contributed by atoms with E-state index in [1.165, 1.54) is 16.9 Å².